The van der Waals surface area contributed by atoms with E-state index in [-0.39, 0.29) is 11.6 Å². The smallest absolute Gasteiger partial charge is 0.313 e. The number of hydrogen-bond acceptors (Lipinski definition) is 4. The Kier molecular flexibility index (Phi) is 4.39. The summed E-state index contributed by atoms with van der Waals surface area (Å²) in [6.45, 7) is 0.895. The Morgan fingerprint density at radius 3 is 2.92 bits per heavy atom. The van der Waals surface area contributed by atoms with E-state index in [1.54, 1.807) is 18.2 Å². The molecule has 25 heavy (non-hydrogen) atoms. The molecule has 1 aromatic heterocycles. The van der Waals surface area contributed by atoms with Crippen LogP contribution in [0.15, 0.2) is 18.2 Å². The quantitative estimate of drug-likeness (QED) is 0.544. The predicted octanol–water partition coefficient (Wildman–Crippen LogP) is 0.472. The van der Waals surface area contributed by atoms with Crippen molar-refractivity contribution in [2.24, 2.45) is 11.7 Å². The Bertz CT molecular complexity index is 895. The summed E-state index contributed by atoms with van der Waals surface area (Å²) in [7, 11) is 0. The summed E-state index contributed by atoms with van der Waals surface area (Å²) in [6, 6.07) is 4.80. The minimum atomic E-state index is -0.749. The summed E-state index contributed by atoms with van der Waals surface area (Å²) in [5.74, 6) is 0.556. The Morgan fingerprint density at radius 2 is 2.20 bits per heavy atom. The van der Waals surface area contributed by atoms with E-state index in [2.05, 4.69) is 21.4 Å². The minimum absolute atomic E-state index is 0.0223. The average Bonchev–Trinajstić information content (AvgIpc) is 3.04. The first-order chi connectivity index (χ1) is 12.0. The average molecular weight is 339 g/mol. The lowest BCUT2D eigenvalue weighted by atomic mass is 9.99. The molecule has 1 aliphatic heterocycles. The standard InChI is InChI=1S/C17H17N5O3/c1-2-10-4-3-7-22(9-10)17(25)16(24)19-11-5-6-13-12(8-11)14(15(18)23)21-20-13/h1,5-6,8,10H,3-4,7,9H2,(H2,18,23)(H,19,24)(H,20,21). The topological polar surface area (TPSA) is 121 Å². The van der Waals surface area contributed by atoms with Crippen molar-refractivity contribution in [3.8, 4) is 12.3 Å². The molecule has 1 saturated heterocycles. The monoisotopic (exact) mass is 339 g/mol. The number of nitrogens with one attached hydrogen (secondary N) is 2. The first-order valence-corrected chi connectivity index (χ1v) is 7.84. The number of fused-ring (bicyclic) bond motifs is 1. The number of nitrogens with zero attached hydrogens (tertiary/aromatic N) is 2. The number of anilines is 1. The Labute approximate surface area is 143 Å². The van der Waals surface area contributed by atoms with E-state index in [4.69, 9.17) is 12.2 Å². The van der Waals surface area contributed by atoms with Gasteiger partial charge in [0.15, 0.2) is 5.69 Å². The van der Waals surface area contributed by atoms with Gasteiger partial charge in [-0.1, -0.05) is 0 Å². The summed E-state index contributed by atoms with van der Waals surface area (Å²) in [5, 5.41) is 9.53. The second-order valence-corrected chi connectivity index (χ2v) is 5.91. The number of terminal acetylenes is 1. The third-order valence-electron chi connectivity index (χ3n) is 4.19. The number of rotatable bonds is 2. The summed E-state index contributed by atoms with van der Waals surface area (Å²) >= 11 is 0. The molecule has 1 unspecified atom stereocenters. The normalized spacial score (nSPS) is 17.1. The molecule has 1 aromatic carbocycles. The molecular formula is C17H17N5O3. The van der Waals surface area contributed by atoms with Gasteiger partial charge in [-0.05, 0) is 31.0 Å². The zero-order chi connectivity index (χ0) is 18.0. The van der Waals surface area contributed by atoms with Crippen molar-refractivity contribution < 1.29 is 14.4 Å². The van der Waals surface area contributed by atoms with Crippen LogP contribution in [0.5, 0.6) is 0 Å². The fraction of sp³-hybridized carbons (Fsp3) is 0.294. The second-order valence-electron chi connectivity index (χ2n) is 5.91. The van der Waals surface area contributed by atoms with Crippen molar-refractivity contribution in [2.75, 3.05) is 18.4 Å². The molecule has 8 heteroatoms. The van der Waals surface area contributed by atoms with Crippen LogP contribution in [0.25, 0.3) is 10.9 Å². The summed E-state index contributed by atoms with van der Waals surface area (Å²) in [4.78, 5) is 37.4. The van der Waals surface area contributed by atoms with Crippen molar-refractivity contribution in [2.45, 2.75) is 12.8 Å². The number of primary amides is 1. The van der Waals surface area contributed by atoms with Crippen molar-refractivity contribution in [3.05, 3.63) is 23.9 Å². The van der Waals surface area contributed by atoms with Crippen LogP contribution in [0, 0.1) is 18.3 Å². The predicted molar refractivity (Wildman–Crippen MR) is 91.4 cm³/mol. The summed E-state index contributed by atoms with van der Waals surface area (Å²) in [6.07, 6.45) is 7.04. The number of H-pyrrole nitrogens is 1. The van der Waals surface area contributed by atoms with Crippen LogP contribution in [0.4, 0.5) is 5.69 Å². The highest BCUT2D eigenvalue weighted by atomic mass is 16.2. The van der Waals surface area contributed by atoms with Gasteiger partial charge in [0, 0.05) is 30.1 Å². The van der Waals surface area contributed by atoms with Crippen LogP contribution >= 0.6 is 0 Å². The van der Waals surface area contributed by atoms with Crippen LogP contribution in [-0.4, -0.2) is 45.9 Å². The molecule has 0 aliphatic carbocycles. The molecule has 2 aromatic rings. The molecule has 0 saturated carbocycles. The Balaban J connectivity index is 1.75. The van der Waals surface area contributed by atoms with E-state index in [1.807, 2.05) is 0 Å². The molecule has 0 radical (unpaired) electrons. The number of likely N-dealkylation sites (tertiary alicyclic amines) is 1. The SMILES string of the molecule is C#CC1CCCN(C(=O)C(=O)Nc2ccc3[nH]nc(C(N)=O)c3c2)C1. The van der Waals surface area contributed by atoms with Gasteiger partial charge in [-0.15, -0.1) is 12.3 Å². The zero-order valence-electron chi connectivity index (χ0n) is 13.4. The highest BCUT2D eigenvalue weighted by Crippen LogP contribution is 2.21. The highest BCUT2D eigenvalue weighted by Gasteiger charge is 2.27. The summed E-state index contributed by atoms with van der Waals surface area (Å²) < 4.78 is 0. The van der Waals surface area contributed by atoms with E-state index in [0.29, 0.717) is 29.7 Å². The third-order valence-corrected chi connectivity index (χ3v) is 4.19. The fourth-order valence-corrected chi connectivity index (χ4v) is 2.91. The third kappa shape index (κ3) is 3.30. The van der Waals surface area contributed by atoms with Crippen LogP contribution in [-0.2, 0) is 9.59 Å². The highest BCUT2D eigenvalue weighted by molar-refractivity contribution is 6.39. The van der Waals surface area contributed by atoms with Crippen molar-refractivity contribution in [1.82, 2.24) is 15.1 Å². The van der Waals surface area contributed by atoms with Gasteiger partial charge in [-0.2, -0.15) is 5.10 Å². The Morgan fingerprint density at radius 1 is 1.40 bits per heavy atom. The van der Waals surface area contributed by atoms with Gasteiger partial charge >= 0.3 is 11.8 Å². The number of carbonyl (C=O) groups is 3. The van der Waals surface area contributed by atoms with E-state index in [1.165, 1.54) is 4.90 Å². The molecule has 3 amide bonds. The summed E-state index contributed by atoms with van der Waals surface area (Å²) in [5.41, 5.74) is 6.31. The number of nitrogens with two attached hydrogens (primary N) is 1. The lowest BCUT2D eigenvalue weighted by molar-refractivity contribution is -0.144. The number of aromatic nitrogens is 2. The molecule has 0 spiro atoms. The molecule has 128 valence electrons. The molecule has 4 N–H and O–H groups in total. The molecule has 3 rings (SSSR count). The van der Waals surface area contributed by atoms with Crippen molar-refractivity contribution in [3.63, 3.8) is 0 Å². The van der Waals surface area contributed by atoms with E-state index < -0.39 is 17.7 Å². The van der Waals surface area contributed by atoms with E-state index in [0.717, 1.165) is 12.8 Å². The zero-order valence-corrected chi connectivity index (χ0v) is 13.4. The lowest BCUT2D eigenvalue weighted by Crippen LogP contribution is -2.45. The largest absolute Gasteiger partial charge is 0.364 e. The molecule has 1 atom stereocenters. The molecule has 8 nitrogen and oxygen atoms in total. The van der Waals surface area contributed by atoms with Crippen molar-refractivity contribution >= 4 is 34.3 Å². The first-order valence-electron chi connectivity index (χ1n) is 7.84. The van der Waals surface area contributed by atoms with Gasteiger partial charge in [0.2, 0.25) is 0 Å². The molecule has 2 heterocycles. The number of amides is 3. The van der Waals surface area contributed by atoms with Crippen LogP contribution in [0.1, 0.15) is 23.3 Å². The number of carbonyl (C=O) groups excluding carboxylic acids is 3. The Hall–Kier alpha value is -3.34. The first kappa shape index (κ1) is 16.5. The molecule has 0 bridgehead atoms. The van der Waals surface area contributed by atoms with E-state index in [9.17, 15) is 14.4 Å². The van der Waals surface area contributed by atoms with Gasteiger partial charge in [-0.25, -0.2) is 0 Å². The lowest BCUT2D eigenvalue weighted by Gasteiger charge is -2.29. The number of benzene rings is 1. The minimum Gasteiger partial charge on any atom is -0.364 e. The number of hydrogen-bond donors (Lipinski definition) is 3. The van der Waals surface area contributed by atoms with Crippen LogP contribution in [0.2, 0.25) is 0 Å². The molecule has 1 fully saturated rings. The van der Waals surface area contributed by atoms with E-state index >= 15 is 0 Å². The maximum atomic E-state index is 12.3. The molecule has 1 aliphatic rings. The van der Waals surface area contributed by atoms with Gasteiger partial charge < -0.3 is 16.0 Å². The fourth-order valence-electron chi connectivity index (χ4n) is 2.91. The van der Waals surface area contributed by atoms with Gasteiger partial charge in [0.25, 0.3) is 5.91 Å². The van der Waals surface area contributed by atoms with Crippen LogP contribution in [0.3, 0.4) is 0 Å². The molecular weight excluding hydrogens is 322 g/mol. The van der Waals surface area contributed by atoms with Crippen LogP contribution < -0.4 is 11.1 Å². The maximum absolute atomic E-state index is 12.3. The van der Waals surface area contributed by atoms with Gasteiger partial charge in [0.05, 0.1) is 5.52 Å². The van der Waals surface area contributed by atoms with Gasteiger partial charge in [-0.3, -0.25) is 19.5 Å². The number of aromatic amines is 1. The van der Waals surface area contributed by atoms with Gasteiger partial charge in [0.1, 0.15) is 0 Å². The number of piperidine rings is 1. The van der Waals surface area contributed by atoms with Crippen molar-refractivity contribution in [1.29, 1.82) is 0 Å². The second kappa shape index (κ2) is 6.65. The maximum Gasteiger partial charge on any atom is 0.313 e.